The number of hydroxylamine groups is 2. The van der Waals surface area contributed by atoms with Gasteiger partial charge in [-0.25, -0.2) is 9.59 Å². The molecule has 0 saturated heterocycles. The monoisotopic (exact) mass is 589 g/mol. The van der Waals surface area contributed by atoms with Gasteiger partial charge < -0.3 is 23.0 Å². The highest BCUT2D eigenvalue weighted by molar-refractivity contribution is 6.60. The number of rotatable bonds is 26. The van der Waals surface area contributed by atoms with Crippen molar-refractivity contribution in [2.24, 2.45) is 23.7 Å². The molecule has 0 aliphatic carbocycles. The number of unbranched alkanes of at least 4 members (excludes halogenated alkanes) is 2. The third-order valence-electron chi connectivity index (χ3n) is 7.57. The fraction of sp³-hybridized carbons (Fsp3) is 0.935. The molecule has 4 unspecified atom stereocenters. The van der Waals surface area contributed by atoms with Crippen molar-refractivity contribution >= 4 is 20.7 Å². The number of carbonyl (C=O) groups is 2. The molecule has 0 aromatic carbocycles. The summed E-state index contributed by atoms with van der Waals surface area (Å²) in [5.41, 5.74) is 0. The van der Waals surface area contributed by atoms with Crippen molar-refractivity contribution in [2.75, 3.05) is 26.4 Å². The van der Waals surface area contributed by atoms with Gasteiger partial charge in [0.05, 0.1) is 18.4 Å². The second-order valence-corrected chi connectivity index (χ2v) is 13.8. The van der Waals surface area contributed by atoms with Gasteiger partial charge in [-0.05, 0) is 51.9 Å². The van der Waals surface area contributed by atoms with Crippen LogP contribution >= 0.6 is 0 Å². The van der Waals surface area contributed by atoms with Crippen molar-refractivity contribution in [3.63, 3.8) is 0 Å². The summed E-state index contributed by atoms with van der Waals surface area (Å²) in [5, 5.41) is 1.10. The van der Waals surface area contributed by atoms with Crippen LogP contribution in [0.1, 0.15) is 133 Å². The van der Waals surface area contributed by atoms with Gasteiger partial charge in [-0.1, -0.05) is 92.9 Å². The average Bonchev–Trinajstić information content (AvgIpc) is 2.93. The molecule has 0 rings (SSSR count). The molecule has 40 heavy (non-hydrogen) atoms. The fourth-order valence-electron chi connectivity index (χ4n) is 5.07. The van der Waals surface area contributed by atoms with E-state index in [1.54, 1.807) is 0 Å². The molecule has 0 radical (unpaired) electrons. The van der Waals surface area contributed by atoms with Gasteiger partial charge in [0, 0.05) is 31.1 Å². The number of hydrogen-bond acceptors (Lipinski definition) is 8. The molecule has 0 saturated carbocycles. The van der Waals surface area contributed by atoms with Crippen LogP contribution in [0.15, 0.2) is 0 Å². The maximum Gasteiger partial charge on any atom is 0.500 e. The van der Waals surface area contributed by atoms with Crippen LogP contribution in [0.4, 0.5) is 0 Å². The van der Waals surface area contributed by atoms with Gasteiger partial charge >= 0.3 is 20.7 Å². The molecule has 0 aliphatic heterocycles. The van der Waals surface area contributed by atoms with E-state index in [1.165, 1.54) is 0 Å². The molecular formula is C31H63NO7Si. The molecule has 0 bridgehead atoms. The van der Waals surface area contributed by atoms with Crippen molar-refractivity contribution in [3.05, 3.63) is 0 Å². The van der Waals surface area contributed by atoms with E-state index >= 15 is 0 Å². The number of carbonyl (C=O) groups excluding carboxylic acids is 2. The summed E-state index contributed by atoms with van der Waals surface area (Å²) in [5.74, 6) is -0.364. The Morgan fingerprint density at radius 2 is 1.05 bits per heavy atom. The van der Waals surface area contributed by atoms with Gasteiger partial charge in [0.1, 0.15) is 0 Å². The number of hydrogen-bond donors (Lipinski definition) is 0. The summed E-state index contributed by atoms with van der Waals surface area (Å²) >= 11 is 0. The van der Waals surface area contributed by atoms with Crippen LogP contribution in [0.3, 0.4) is 0 Å². The standard InChI is InChI=1S/C31H63NO7Si/c1-10-17-20-28(12-3)24-26(8)30(33)38-32(22-19-23-40(35-14-5,36-15-6)37-16-7)39-31(34)27(9)25-29(13-4)21-18-11-2/h26-29H,10-25H2,1-9H3. The van der Waals surface area contributed by atoms with Crippen molar-refractivity contribution in [1.29, 1.82) is 0 Å². The summed E-state index contributed by atoms with van der Waals surface area (Å²) in [4.78, 5) is 37.7. The first-order chi connectivity index (χ1) is 19.1. The zero-order valence-corrected chi connectivity index (χ0v) is 28.4. The lowest BCUT2D eigenvalue weighted by Crippen LogP contribution is -2.46. The van der Waals surface area contributed by atoms with Gasteiger partial charge in [0.25, 0.3) is 0 Å². The minimum atomic E-state index is -2.87. The molecule has 0 N–H and O–H groups in total. The molecular weight excluding hydrogens is 526 g/mol. The van der Waals surface area contributed by atoms with Gasteiger partial charge in [0.2, 0.25) is 0 Å². The van der Waals surface area contributed by atoms with E-state index in [-0.39, 0.29) is 30.3 Å². The SMILES string of the molecule is CCCCC(CC)CC(C)C(=O)ON(CCC[Si](OCC)(OCC)OCC)OC(=O)C(C)CC(CC)CCCC. The Labute approximate surface area is 247 Å². The summed E-state index contributed by atoms with van der Waals surface area (Å²) in [6.45, 7) is 20.0. The van der Waals surface area contributed by atoms with Crippen LogP contribution in [-0.2, 0) is 32.5 Å². The lowest BCUT2D eigenvalue weighted by Gasteiger charge is -2.29. The lowest BCUT2D eigenvalue weighted by atomic mass is 9.89. The first-order valence-electron chi connectivity index (χ1n) is 16.3. The van der Waals surface area contributed by atoms with Gasteiger partial charge in [0.15, 0.2) is 0 Å². The molecule has 0 aliphatic rings. The largest absolute Gasteiger partial charge is 0.500 e. The summed E-state index contributed by atoms with van der Waals surface area (Å²) in [6.07, 6.45) is 10.9. The second kappa shape index (κ2) is 23.5. The smallest absolute Gasteiger partial charge is 0.374 e. The molecule has 238 valence electrons. The van der Waals surface area contributed by atoms with Crippen molar-refractivity contribution in [2.45, 2.75) is 139 Å². The predicted molar refractivity (Wildman–Crippen MR) is 163 cm³/mol. The third-order valence-corrected chi connectivity index (χ3v) is 10.7. The third kappa shape index (κ3) is 16.4. The Morgan fingerprint density at radius 3 is 1.38 bits per heavy atom. The molecule has 0 aromatic heterocycles. The normalized spacial score (nSPS) is 15.1. The quantitative estimate of drug-likeness (QED) is 0.0739. The maximum atomic E-state index is 13.1. The highest BCUT2D eigenvalue weighted by atomic mass is 28.4. The highest BCUT2D eigenvalue weighted by Gasteiger charge is 2.40. The molecule has 0 spiro atoms. The molecule has 8 nitrogen and oxygen atoms in total. The van der Waals surface area contributed by atoms with Gasteiger partial charge in [-0.2, -0.15) is 0 Å². The Balaban J connectivity index is 5.49. The van der Waals surface area contributed by atoms with Crippen molar-refractivity contribution < 1.29 is 32.5 Å². The van der Waals surface area contributed by atoms with Crippen LogP contribution < -0.4 is 0 Å². The van der Waals surface area contributed by atoms with Crippen molar-refractivity contribution in [3.8, 4) is 0 Å². The maximum absolute atomic E-state index is 13.1. The molecule has 0 fully saturated rings. The minimum Gasteiger partial charge on any atom is -0.374 e. The van der Waals surface area contributed by atoms with Crippen LogP contribution in [0.25, 0.3) is 0 Å². The Bertz CT molecular complexity index is 596. The van der Waals surface area contributed by atoms with E-state index in [2.05, 4.69) is 27.7 Å². The predicted octanol–water partition coefficient (Wildman–Crippen LogP) is 8.13. The van der Waals surface area contributed by atoms with E-state index in [0.717, 1.165) is 69.4 Å². The van der Waals surface area contributed by atoms with E-state index in [0.29, 0.717) is 44.1 Å². The summed E-state index contributed by atoms with van der Waals surface area (Å²) in [6, 6.07) is 0.531. The van der Waals surface area contributed by atoms with E-state index in [9.17, 15) is 9.59 Å². The van der Waals surface area contributed by atoms with Crippen LogP contribution in [0, 0.1) is 23.7 Å². The molecule has 9 heteroatoms. The molecule has 0 aromatic rings. The number of nitrogens with zero attached hydrogens (tertiary/aromatic N) is 1. The van der Waals surface area contributed by atoms with Crippen LogP contribution in [0.5, 0.6) is 0 Å². The first-order valence-corrected chi connectivity index (χ1v) is 18.2. The minimum absolute atomic E-state index is 0.221. The van der Waals surface area contributed by atoms with E-state index < -0.39 is 8.80 Å². The van der Waals surface area contributed by atoms with E-state index in [4.69, 9.17) is 23.0 Å². The fourth-order valence-corrected chi connectivity index (χ4v) is 7.67. The van der Waals surface area contributed by atoms with Crippen LogP contribution in [0.2, 0.25) is 6.04 Å². The zero-order chi connectivity index (χ0) is 30.4. The Kier molecular flexibility index (Phi) is 23.0. The molecule has 0 amide bonds. The average molecular weight is 590 g/mol. The highest BCUT2D eigenvalue weighted by Crippen LogP contribution is 2.25. The Hall–Kier alpha value is -1.00. The molecule has 0 heterocycles. The Morgan fingerprint density at radius 1 is 0.650 bits per heavy atom. The zero-order valence-electron chi connectivity index (χ0n) is 27.4. The van der Waals surface area contributed by atoms with E-state index in [1.807, 2.05) is 34.6 Å². The lowest BCUT2D eigenvalue weighted by molar-refractivity contribution is -0.329. The topological polar surface area (TPSA) is 83.5 Å². The molecule has 4 atom stereocenters. The van der Waals surface area contributed by atoms with Crippen LogP contribution in [-0.4, -0.2) is 52.3 Å². The van der Waals surface area contributed by atoms with Gasteiger partial charge in [-0.3, -0.25) is 0 Å². The van der Waals surface area contributed by atoms with Gasteiger partial charge in [-0.15, -0.1) is 0 Å². The van der Waals surface area contributed by atoms with Crippen molar-refractivity contribution in [1.82, 2.24) is 5.23 Å². The summed E-state index contributed by atoms with van der Waals surface area (Å²) in [7, 11) is -2.87. The summed E-state index contributed by atoms with van der Waals surface area (Å²) < 4.78 is 17.9. The first kappa shape index (κ1) is 39.0. The second-order valence-electron chi connectivity index (χ2n) is 11.1.